The minimum Gasteiger partial charge on any atom is -0.326 e. The number of rotatable bonds is 6. The fourth-order valence-electron chi connectivity index (χ4n) is 4.43. The highest BCUT2D eigenvalue weighted by molar-refractivity contribution is 6.05. The lowest BCUT2D eigenvalue weighted by Crippen LogP contribution is -2.13. The van der Waals surface area contributed by atoms with Crippen molar-refractivity contribution in [2.24, 2.45) is 5.92 Å². The smallest absolute Gasteiger partial charge is 0.224 e. The first-order valence-corrected chi connectivity index (χ1v) is 10.3. The fraction of sp³-hybridized carbons (Fsp3) is 0.417. The molecular weight excluding hydrogens is 346 g/mol. The van der Waals surface area contributed by atoms with Crippen LogP contribution in [-0.4, -0.2) is 15.7 Å². The largest absolute Gasteiger partial charge is 0.326 e. The Balaban J connectivity index is 1.48. The quantitative estimate of drug-likeness (QED) is 0.660. The topological polar surface area (TPSA) is 46.9 Å². The molecule has 1 heterocycles. The van der Waals surface area contributed by atoms with Crippen LogP contribution in [0.4, 0.5) is 5.69 Å². The molecule has 0 bridgehead atoms. The maximum absolute atomic E-state index is 12.7. The van der Waals surface area contributed by atoms with Gasteiger partial charge < -0.3 is 5.32 Å². The van der Waals surface area contributed by atoms with E-state index in [1.165, 1.54) is 27.8 Å². The zero-order chi connectivity index (χ0) is 19.8. The van der Waals surface area contributed by atoms with Crippen LogP contribution in [0.1, 0.15) is 48.3 Å². The zero-order valence-electron chi connectivity index (χ0n) is 17.3. The van der Waals surface area contributed by atoms with E-state index in [9.17, 15) is 4.79 Å². The maximum Gasteiger partial charge on any atom is 0.224 e. The number of carbonyl (C=O) groups excluding carboxylic acids is 1. The maximum atomic E-state index is 12.7. The Morgan fingerprint density at radius 1 is 1.14 bits per heavy atom. The summed E-state index contributed by atoms with van der Waals surface area (Å²) < 4.78 is 2.08. The molecule has 28 heavy (non-hydrogen) atoms. The van der Waals surface area contributed by atoms with Crippen molar-refractivity contribution in [2.75, 3.05) is 5.32 Å². The Morgan fingerprint density at radius 3 is 2.64 bits per heavy atom. The second-order valence-electron chi connectivity index (χ2n) is 8.39. The second-order valence-corrected chi connectivity index (χ2v) is 8.39. The van der Waals surface area contributed by atoms with Crippen LogP contribution in [0.2, 0.25) is 0 Å². The molecule has 4 heteroatoms. The summed E-state index contributed by atoms with van der Waals surface area (Å²) in [5.74, 6) is 0.618. The van der Waals surface area contributed by atoms with Crippen molar-refractivity contribution in [3.63, 3.8) is 0 Å². The van der Waals surface area contributed by atoms with Gasteiger partial charge in [0.25, 0.3) is 0 Å². The van der Waals surface area contributed by atoms with Gasteiger partial charge in [0.1, 0.15) is 0 Å². The highest BCUT2D eigenvalue weighted by atomic mass is 16.1. The molecule has 1 aromatic heterocycles. The first-order valence-electron chi connectivity index (χ1n) is 10.3. The predicted octanol–water partition coefficient (Wildman–Crippen LogP) is 4.98. The molecule has 2 aromatic carbocycles. The first kappa shape index (κ1) is 18.7. The summed E-state index contributed by atoms with van der Waals surface area (Å²) in [4.78, 5) is 12.7. The molecule has 0 aliphatic heterocycles. The van der Waals surface area contributed by atoms with E-state index in [1.54, 1.807) is 0 Å². The van der Waals surface area contributed by atoms with E-state index in [0.717, 1.165) is 42.6 Å². The van der Waals surface area contributed by atoms with Gasteiger partial charge in [-0.05, 0) is 67.2 Å². The van der Waals surface area contributed by atoms with Crippen molar-refractivity contribution >= 4 is 22.4 Å². The molecule has 1 aliphatic carbocycles. The van der Waals surface area contributed by atoms with Gasteiger partial charge in [-0.1, -0.05) is 38.1 Å². The third-order valence-corrected chi connectivity index (χ3v) is 5.82. The van der Waals surface area contributed by atoms with Gasteiger partial charge in [-0.15, -0.1) is 0 Å². The monoisotopic (exact) mass is 375 g/mol. The van der Waals surface area contributed by atoms with Gasteiger partial charge >= 0.3 is 0 Å². The number of nitrogens with zero attached hydrogens (tertiary/aromatic N) is 2. The predicted molar refractivity (Wildman–Crippen MR) is 115 cm³/mol. The summed E-state index contributed by atoms with van der Waals surface area (Å²) in [7, 11) is 0. The second kappa shape index (κ2) is 7.42. The number of anilines is 1. The lowest BCUT2D eigenvalue weighted by Gasteiger charge is -2.11. The highest BCUT2D eigenvalue weighted by Crippen LogP contribution is 2.35. The Labute approximate surface area is 166 Å². The van der Waals surface area contributed by atoms with Crippen molar-refractivity contribution < 1.29 is 4.79 Å². The number of hydrogen-bond donors (Lipinski definition) is 1. The molecule has 4 rings (SSSR count). The minimum absolute atomic E-state index is 0.0640. The Kier molecular flexibility index (Phi) is 4.96. The normalized spacial score (nSPS) is 12.9. The van der Waals surface area contributed by atoms with Crippen molar-refractivity contribution in [2.45, 2.75) is 59.9 Å². The highest BCUT2D eigenvalue weighted by Gasteiger charge is 2.17. The molecule has 146 valence electrons. The van der Waals surface area contributed by atoms with Gasteiger partial charge in [0.2, 0.25) is 5.91 Å². The molecule has 0 atom stereocenters. The van der Waals surface area contributed by atoms with Crippen molar-refractivity contribution in [3.05, 3.63) is 58.4 Å². The summed E-state index contributed by atoms with van der Waals surface area (Å²) in [6.45, 7) is 9.46. The standard InChI is InChI=1S/C24H29N3O/c1-15(2)14-27-17(4)20(16(3)26-27)11-13-23(28)25-22-12-10-19-9-8-18-6-5-7-21(22)24(18)19/h5-7,10,12,15H,8-9,11,13-14H2,1-4H3,(H,25,28). The molecule has 0 fully saturated rings. The molecule has 4 nitrogen and oxygen atoms in total. The summed E-state index contributed by atoms with van der Waals surface area (Å²) >= 11 is 0. The Hall–Kier alpha value is -2.62. The summed E-state index contributed by atoms with van der Waals surface area (Å²) in [6, 6.07) is 10.6. The zero-order valence-corrected chi connectivity index (χ0v) is 17.3. The van der Waals surface area contributed by atoms with E-state index in [4.69, 9.17) is 0 Å². The number of benzene rings is 2. The third kappa shape index (κ3) is 3.44. The van der Waals surface area contributed by atoms with Crippen LogP contribution in [-0.2, 0) is 30.6 Å². The summed E-state index contributed by atoms with van der Waals surface area (Å²) in [5.41, 5.74) is 7.15. The van der Waals surface area contributed by atoms with Crippen molar-refractivity contribution in [1.82, 2.24) is 9.78 Å². The molecule has 0 saturated heterocycles. The van der Waals surface area contributed by atoms with Gasteiger partial charge in [0.05, 0.1) is 5.69 Å². The van der Waals surface area contributed by atoms with E-state index in [-0.39, 0.29) is 5.91 Å². The number of aryl methyl sites for hydroxylation is 3. The first-order chi connectivity index (χ1) is 13.4. The van der Waals surface area contributed by atoms with Crippen molar-refractivity contribution in [3.8, 4) is 0 Å². The van der Waals surface area contributed by atoms with Crippen LogP contribution in [0, 0.1) is 19.8 Å². The van der Waals surface area contributed by atoms with Gasteiger partial charge in [0.15, 0.2) is 0 Å². The third-order valence-electron chi connectivity index (χ3n) is 5.82. The SMILES string of the molecule is Cc1nn(CC(C)C)c(C)c1CCC(=O)Nc1ccc2c3c(cccc13)CC2. The van der Waals surface area contributed by atoms with Crippen LogP contribution in [0.15, 0.2) is 30.3 Å². The van der Waals surface area contributed by atoms with Crippen LogP contribution in [0.5, 0.6) is 0 Å². The van der Waals surface area contributed by atoms with E-state index in [1.807, 2.05) is 6.92 Å². The summed E-state index contributed by atoms with van der Waals surface area (Å²) in [5, 5.41) is 10.3. The van der Waals surface area contributed by atoms with Crippen LogP contribution in [0.3, 0.4) is 0 Å². The van der Waals surface area contributed by atoms with Crippen LogP contribution < -0.4 is 5.32 Å². The molecule has 0 unspecified atom stereocenters. The average Bonchev–Trinajstić information content (AvgIpc) is 3.18. The van der Waals surface area contributed by atoms with Gasteiger partial charge in [-0.25, -0.2) is 0 Å². The number of nitrogens with one attached hydrogen (secondary N) is 1. The lowest BCUT2D eigenvalue weighted by molar-refractivity contribution is -0.116. The number of carbonyl (C=O) groups is 1. The van der Waals surface area contributed by atoms with Gasteiger partial charge in [0, 0.05) is 29.7 Å². The van der Waals surface area contributed by atoms with Crippen LogP contribution >= 0.6 is 0 Å². The fourth-order valence-corrected chi connectivity index (χ4v) is 4.43. The average molecular weight is 376 g/mol. The molecule has 0 saturated carbocycles. The molecule has 1 N–H and O–H groups in total. The van der Waals surface area contributed by atoms with Gasteiger partial charge in [-0.3, -0.25) is 9.48 Å². The molecule has 0 spiro atoms. The molecule has 3 aromatic rings. The van der Waals surface area contributed by atoms with Gasteiger partial charge in [-0.2, -0.15) is 5.10 Å². The van der Waals surface area contributed by atoms with E-state index in [2.05, 4.69) is 66.2 Å². The number of amides is 1. The van der Waals surface area contributed by atoms with E-state index in [0.29, 0.717) is 12.3 Å². The van der Waals surface area contributed by atoms with Crippen LogP contribution in [0.25, 0.3) is 10.8 Å². The lowest BCUT2D eigenvalue weighted by atomic mass is 10.0. The van der Waals surface area contributed by atoms with E-state index >= 15 is 0 Å². The molecule has 1 amide bonds. The minimum atomic E-state index is 0.0640. The molecule has 0 radical (unpaired) electrons. The molecular formula is C24H29N3O. The number of aromatic nitrogens is 2. The Bertz CT molecular complexity index is 1040. The summed E-state index contributed by atoms with van der Waals surface area (Å²) in [6.07, 6.45) is 3.40. The Morgan fingerprint density at radius 2 is 1.89 bits per heavy atom. The molecule has 1 aliphatic rings. The number of hydrogen-bond acceptors (Lipinski definition) is 2. The van der Waals surface area contributed by atoms with Crippen molar-refractivity contribution in [1.29, 1.82) is 0 Å². The van der Waals surface area contributed by atoms with E-state index < -0.39 is 0 Å².